The summed E-state index contributed by atoms with van der Waals surface area (Å²) in [7, 11) is 0. The fourth-order valence-corrected chi connectivity index (χ4v) is 5.54. The van der Waals surface area contributed by atoms with E-state index in [0.29, 0.717) is 29.4 Å². The monoisotopic (exact) mass is 520 g/mol. The summed E-state index contributed by atoms with van der Waals surface area (Å²) in [4.78, 5) is 29.5. The molecule has 2 aromatic carbocycles. The van der Waals surface area contributed by atoms with Gasteiger partial charge in [0.25, 0.3) is 0 Å². The largest absolute Gasteiger partial charge is 0.352 e. The fourth-order valence-electron chi connectivity index (χ4n) is 4.36. The van der Waals surface area contributed by atoms with Crippen molar-refractivity contribution in [3.8, 4) is 0 Å². The van der Waals surface area contributed by atoms with Crippen molar-refractivity contribution >= 4 is 46.8 Å². The van der Waals surface area contributed by atoms with Crippen LogP contribution in [-0.2, 0) is 16.1 Å². The molecule has 2 aromatic rings. The van der Waals surface area contributed by atoms with Gasteiger partial charge in [0.1, 0.15) is 6.04 Å². The Morgan fingerprint density at radius 3 is 2.44 bits per heavy atom. The lowest BCUT2D eigenvalue weighted by Crippen LogP contribution is -2.51. The fraction of sp³-hybridized carbons (Fsp3) is 0.481. The molecule has 1 fully saturated rings. The quantitative estimate of drug-likeness (QED) is 0.253. The summed E-state index contributed by atoms with van der Waals surface area (Å²) in [5.74, 6) is 0.755. The summed E-state index contributed by atoms with van der Waals surface area (Å²) in [5.41, 5.74) is 0.858. The number of benzene rings is 2. The van der Waals surface area contributed by atoms with E-state index in [9.17, 15) is 9.59 Å². The van der Waals surface area contributed by atoms with Gasteiger partial charge in [0, 0.05) is 33.9 Å². The summed E-state index contributed by atoms with van der Waals surface area (Å²) in [6, 6.07) is 15.0. The summed E-state index contributed by atoms with van der Waals surface area (Å²) < 4.78 is 0. The second kappa shape index (κ2) is 14.0. The van der Waals surface area contributed by atoms with E-state index in [2.05, 4.69) is 5.32 Å². The molecule has 2 amide bonds. The van der Waals surface area contributed by atoms with Crippen molar-refractivity contribution in [3.05, 3.63) is 64.1 Å². The smallest absolute Gasteiger partial charge is 0.243 e. The molecule has 0 bridgehead atoms. The molecular weight excluding hydrogens is 487 g/mol. The molecule has 0 unspecified atom stereocenters. The number of nitrogens with one attached hydrogen (secondary N) is 1. The van der Waals surface area contributed by atoms with Gasteiger partial charge in [-0.25, -0.2) is 0 Å². The molecule has 184 valence electrons. The summed E-state index contributed by atoms with van der Waals surface area (Å²) in [5, 5.41) is 4.55. The van der Waals surface area contributed by atoms with Gasteiger partial charge in [-0.2, -0.15) is 0 Å². The Hall–Kier alpha value is -1.69. The molecule has 0 radical (unpaired) electrons. The number of carbonyl (C=O) groups excluding carboxylic acids is 2. The molecule has 7 heteroatoms. The average Bonchev–Trinajstić information content (AvgIpc) is 2.84. The molecule has 34 heavy (non-hydrogen) atoms. The first-order chi connectivity index (χ1) is 16.5. The molecule has 0 aromatic heterocycles. The van der Waals surface area contributed by atoms with E-state index in [1.807, 2.05) is 55.5 Å². The van der Waals surface area contributed by atoms with E-state index >= 15 is 0 Å². The zero-order chi connectivity index (χ0) is 24.3. The third-order valence-electron chi connectivity index (χ3n) is 6.25. The van der Waals surface area contributed by atoms with Crippen molar-refractivity contribution in [1.29, 1.82) is 0 Å². The third-order valence-corrected chi connectivity index (χ3v) is 7.97. The minimum absolute atomic E-state index is 0.0118. The molecule has 3 rings (SSSR count). The van der Waals surface area contributed by atoms with Crippen LogP contribution in [0, 0.1) is 0 Å². The molecule has 1 saturated carbocycles. The highest BCUT2D eigenvalue weighted by molar-refractivity contribution is 7.99. The molecule has 1 N–H and O–H groups in total. The second-order valence-electron chi connectivity index (χ2n) is 8.79. The van der Waals surface area contributed by atoms with Crippen LogP contribution >= 0.6 is 35.0 Å². The SMILES string of the molecule is CC[C@@H](C(=O)NC1CCCCC1)N(Cc1ccccc1Cl)C(=O)CCCSc1ccc(Cl)cc1. The molecule has 1 atom stereocenters. The third kappa shape index (κ3) is 8.21. The number of carbonyl (C=O) groups is 2. The molecular formula is C27H34Cl2N2O2S. The van der Waals surface area contributed by atoms with Crippen LogP contribution in [0.25, 0.3) is 0 Å². The predicted octanol–water partition coefficient (Wildman–Crippen LogP) is 7.12. The number of thioether (sulfide) groups is 1. The van der Waals surface area contributed by atoms with Crippen LogP contribution < -0.4 is 5.32 Å². The molecule has 0 heterocycles. The first-order valence-electron chi connectivity index (χ1n) is 12.2. The van der Waals surface area contributed by atoms with Crippen molar-refractivity contribution < 1.29 is 9.59 Å². The lowest BCUT2D eigenvalue weighted by Gasteiger charge is -2.33. The van der Waals surface area contributed by atoms with Crippen LogP contribution in [0.4, 0.5) is 0 Å². The highest BCUT2D eigenvalue weighted by Crippen LogP contribution is 2.24. The zero-order valence-corrected chi connectivity index (χ0v) is 22.1. The maximum absolute atomic E-state index is 13.4. The number of nitrogens with zero attached hydrogens (tertiary/aromatic N) is 1. The van der Waals surface area contributed by atoms with Crippen LogP contribution in [0.15, 0.2) is 53.4 Å². The van der Waals surface area contributed by atoms with Gasteiger partial charge in [-0.3, -0.25) is 9.59 Å². The molecule has 4 nitrogen and oxygen atoms in total. The zero-order valence-electron chi connectivity index (χ0n) is 19.8. The Morgan fingerprint density at radius 2 is 1.76 bits per heavy atom. The highest BCUT2D eigenvalue weighted by atomic mass is 35.5. The van der Waals surface area contributed by atoms with Crippen LogP contribution in [0.1, 0.15) is 63.9 Å². The van der Waals surface area contributed by atoms with Crippen LogP contribution in [0.5, 0.6) is 0 Å². The second-order valence-corrected chi connectivity index (χ2v) is 10.8. The lowest BCUT2D eigenvalue weighted by atomic mass is 9.95. The van der Waals surface area contributed by atoms with Gasteiger partial charge in [-0.05, 0) is 67.3 Å². The summed E-state index contributed by atoms with van der Waals surface area (Å²) in [6.07, 6.45) is 7.24. The van der Waals surface area contributed by atoms with Gasteiger partial charge in [-0.15, -0.1) is 11.8 Å². The molecule has 0 saturated heterocycles. The van der Waals surface area contributed by atoms with Crippen molar-refractivity contribution in [2.24, 2.45) is 0 Å². The molecule has 1 aliphatic rings. The molecule has 0 spiro atoms. The number of hydrogen-bond acceptors (Lipinski definition) is 3. The van der Waals surface area contributed by atoms with Gasteiger partial charge in [-0.1, -0.05) is 67.6 Å². The van der Waals surface area contributed by atoms with Crippen LogP contribution in [-0.4, -0.2) is 34.6 Å². The average molecular weight is 522 g/mol. The van der Waals surface area contributed by atoms with Crippen molar-refractivity contribution in [2.75, 3.05) is 5.75 Å². The minimum atomic E-state index is -0.505. The van der Waals surface area contributed by atoms with Gasteiger partial charge >= 0.3 is 0 Å². The normalized spacial score (nSPS) is 15.0. The number of hydrogen-bond donors (Lipinski definition) is 1. The van der Waals surface area contributed by atoms with E-state index in [1.54, 1.807) is 16.7 Å². The predicted molar refractivity (Wildman–Crippen MR) is 143 cm³/mol. The Balaban J connectivity index is 1.65. The van der Waals surface area contributed by atoms with Crippen molar-refractivity contribution in [2.45, 2.75) is 81.8 Å². The first-order valence-corrected chi connectivity index (χ1v) is 13.9. The van der Waals surface area contributed by atoms with Crippen molar-refractivity contribution in [3.63, 3.8) is 0 Å². The number of halogens is 2. The van der Waals surface area contributed by atoms with Gasteiger partial charge in [0.15, 0.2) is 0 Å². The minimum Gasteiger partial charge on any atom is -0.352 e. The van der Waals surface area contributed by atoms with E-state index in [1.165, 1.54) is 6.42 Å². The van der Waals surface area contributed by atoms with Crippen molar-refractivity contribution in [1.82, 2.24) is 10.2 Å². The van der Waals surface area contributed by atoms with Gasteiger partial charge in [0.05, 0.1) is 0 Å². The maximum atomic E-state index is 13.4. The molecule has 1 aliphatic carbocycles. The van der Waals surface area contributed by atoms with E-state index in [0.717, 1.165) is 48.3 Å². The van der Waals surface area contributed by atoms with E-state index in [4.69, 9.17) is 23.2 Å². The first kappa shape index (κ1) is 26.9. The standard InChI is InChI=1S/C27H34Cl2N2O2S/c1-2-25(27(33)30-22-10-4-3-5-11-22)31(19-20-9-6-7-12-24(20)29)26(32)13-8-18-34-23-16-14-21(28)15-17-23/h6-7,9,12,14-17,22,25H,2-5,8,10-11,13,18-19H2,1H3,(H,30,33)/t25-/m0/s1. The maximum Gasteiger partial charge on any atom is 0.243 e. The summed E-state index contributed by atoms with van der Waals surface area (Å²) in [6.45, 7) is 2.30. The number of rotatable bonds is 11. The van der Waals surface area contributed by atoms with Gasteiger partial charge in [0.2, 0.25) is 11.8 Å². The Morgan fingerprint density at radius 1 is 1.06 bits per heavy atom. The Bertz CT molecular complexity index is 932. The molecule has 0 aliphatic heterocycles. The van der Waals surface area contributed by atoms with E-state index in [-0.39, 0.29) is 17.9 Å². The Kier molecular flexibility index (Phi) is 11.1. The highest BCUT2D eigenvalue weighted by Gasteiger charge is 2.30. The van der Waals surface area contributed by atoms with Crippen LogP contribution in [0.2, 0.25) is 10.0 Å². The topological polar surface area (TPSA) is 49.4 Å². The summed E-state index contributed by atoms with van der Waals surface area (Å²) >= 11 is 14.1. The van der Waals surface area contributed by atoms with Gasteiger partial charge < -0.3 is 10.2 Å². The van der Waals surface area contributed by atoms with Crippen LogP contribution in [0.3, 0.4) is 0 Å². The number of amides is 2. The lowest BCUT2D eigenvalue weighted by molar-refractivity contribution is -0.141. The Labute approximate surface area is 217 Å². The van der Waals surface area contributed by atoms with E-state index < -0.39 is 6.04 Å².